The van der Waals surface area contributed by atoms with Gasteiger partial charge < -0.3 is 46.2 Å². The number of hydrogen-bond acceptors (Lipinski definition) is 18. The monoisotopic (exact) mass is 1190 g/mol. The van der Waals surface area contributed by atoms with E-state index in [2.05, 4.69) is 87.5 Å². The SMILES string of the molecule is [C-]#[N+]CCOP1(=S)OC[C@H]2O[C@@H](n3cc4c5c(ncnc53)N(C(=O)c3ccccc3)CCC4)[C@H](O[Si](C)(C)C(C)(C)C)[C@@H]2OP(O)(=S)OC[C@H]2O[C@@H](n3cnc4c(CC(C)=O)nc(Cl)nc43)[C@H](O1)[C@@H]2O[Si](C)(C)C(C)(C)C. The van der Waals surface area contributed by atoms with Gasteiger partial charge in [0.2, 0.25) is 11.8 Å². The van der Waals surface area contributed by atoms with Crippen molar-refractivity contribution in [2.75, 3.05) is 37.8 Å². The van der Waals surface area contributed by atoms with Gasteiger partial charge in [-0.25, -0.2) is 26.5 Å². The molecule has 1 amide bonds. The summed E-state index contributed by atoms with van der Waals surface area (Å²) in [7, 11) is -5.52. The van der Waals surface area contributed by atoms with E-state index in [1.165, 1.54) is 19.6 Å². The number of ether oxygens (including phenoxy) is 2. The van der Waals surface area contributed by atoms with Crippen molar-refractivity contribution >= 4 is 105 Å². The van der Waals surface area contributed by atoms with Crippen molar-refractivity contribution in [3.63, 3.8) is 0 Å². The summed E-state index contributed by atoms with van der Waals surface area (Å²) in [5.74, 6) is 0.111. The van der Waals surface area contributed by atoms with E-state index in [-0.39, 0.29) is 65.5 Å². The van der Waals surface area contributed by atoms with Crippen LogP contribution in [-0.4, -0.2) is 137 Å². The van der Waals surface area contributed by atoms with Gasteiger partial charge in [-0.2, -0.15) is 4.98 Å². The van der Waals surface area contributed by atoms with E-state index in [0.717, 1.165) is 5.56 Å². The summed E-state index contributed by atoms with van der Waals surface area (Å²) in [5.41, 5.74) is 2.76. The highest BCUT2D eigenvalue weighted by atomic mass is 35.5. The van der Waals surface area contributed by atoms with Crippen molar-refractivity contribution in [3.8, 4) is 0 Å². The predicted octanol–water partition coefficient (Wildman–Crippen LogP) is 9.42. The molecule has 0 spiro atoms. The minimum absolute atomic E-state index is 0.0584. The van der Waals surface area contributed by atoms with Gasteiger partial charge in [0.25, 0.3) is 5.91 Å². The summed E-state index contributed by atoms with van der Waals surface area (Å²) >= 11 is 18.8. The van der Waals surface area contributed by atoms with Gasteiger partial charge in [0, 0.05) is 18.3 Å². The first-order valence-electron chi connectivity index (χ1n) is 25.4. The molecule has 2 unspecified atom stereocenters. The molecule has 2 bridgehead atoms. The Hall–Kier alpha value is -3.36. The van der Waals surface area contributed by atoms with Gasteiger partial charge in [-0.1, -0.05) is 59.7 Å². The van der Waals surface area contributed by atoms with Crippen molar-refractivity contribution in [3.05, 3.63) is 82.7 Å². The van der Waals surface area contributed by atoms with Gasteiger partial charge in [-0.15, -0.1) is 0 Å². The first-order chi connectivity index (χ1) is 36.1. The number of carbonyl (C=O) groups excluding carboxylic acids is 2. The summed E-state index contributed by atoms with van der Waals surface area (Å²) in [6.07, 6.45) is -2.50. The average molecular weight is 1190 g/mol. The quantitative estimate of drug-likeness (QED) is 0.0404. The molecule has 9 rings (SSSR count). The van der Waals surface area contributed by atoms with Crippen LogP contribution >= 0.6 is 25.0 Å². The van der Waals surface area contributed by atoms with Crippen molar-refractivity contribution in [1.29, 1.82) is 0 Å². The predicted molar refractivity (Wildman–Crippen MR) is 301 cm³/mol. The summed E-state index contributed by atoms with van der Waals surface area (Å²) in [4.78, 5) is 67.2. The molecule has 5 aromatic rings. The van der Waals surface area contributed by atoms with Gasteiger partial charge in [-0.05, 0) is 109 Å². The van der Waals surface area contributed by atoms with Crippen LogP contribution in [0.15, 0.2) is 49.2 Å². The van der Waals surface area contributed by atoms with Crippen molar-refractivity contribution in [1.82, 2.24) is 34.1 Å². The van der Waals surface area contributed by atoms with Gasteiger partial charge in [0.15, 0.2) is 34.7 Å². The highest BCUT2D eigenvalue weighted by molar-refractivity contribution is 8.07. The third-order valence-electron chi connectivity index (χ3n) is 15.3. The van der Waals surface area contributed by atoms with Crippen LogP contribution in [0.1, 0.15) is 89.0 Å². The molecule has 0 aliphatic carbocycles. The zero-order valence-electron chi connectivity index (χ0n) is 44.9. The number of anilines is 1. The van der Waals surface area contributed by atoms with E-state index in [1.807, 2.05) is 29.0 Å². The lowest BCUT2D eigenvalue weighted by Gasteiger charge is -2.41. The molecule has 0 radical (unpaired) electrons. The number of hydrogen-bond donors (Lipinski definition) is 1. The van der Waals surface area contributed by atoms with Crippen molar-refractivity contribution in [2.24, 2.45) is 0 Å². The molecule has 77 heavy (non-hydrogen) atoms. The van der Waals surface area contributed by atoms with Crippen molar-refractivity contribution < 1.29 is 55.4 Å². The molecule has 4 aliphatic rings. The molecule has 4 aromatic heterocycles. The van der Waals surface area contributed by atoms with E-state index in [1.54, 1.807) is 21.6 Å². The second-order valence-corrected chi connectivity index (χ2v) is 38.3. The van der Waals surface area contributed by atoms with Crippen LogP contribution in [0.5, 0.6) is 0 Å². The Morgan fingerprint density at radius 2 is 1.56 bits per heavy atom. The summed E-state index contributed by atoms with van der Waals surface area (Å²) in [6.45, 7) is 21.2. The highest BCUT2D eigenvalue weighted by Gasteiger charge is 2.57. The maximum absolute atomic E-state index is 14.1. The Kier molecular flexibility index (Phi) is 16.8. The van der Waals surface area contributed by atoms with Crippen LogP contribution in [0.25, 0.3) is 27.0 Å². The van der Waals surface area contributed by atoms with Crippen LogP contribution in [0.3, 0.4) is 0 Å². The zero-order valence-corrected chi connectivity index (χ0v) is 51.1. The molecule has 0 saturated carbocycles. The van der Waals surface area contributed by atoms with Crippen molar-refractivity contribution in [2.45, 2.75) is 153 Å². The van der Waals surface area contributed by atoms with E-state index in [0.29, 0.717) is 53.0 Å². The summed E-state index contributed by atoms with van der Waals surface area (Å²) < 4.78 is 65.4. The largest absolute Gasteiger partial charge is 0.408 e. The second-order valence-electron chi connectivity index (χ2n) is 22.7. The second kappa shape index (κ2) is 22.2. The first-order valence-corrected chi connectivity index (χ1v) is 36.8. The summed E-state index contributed by atoms with van der Waals surface area (Å²) in [6, 6.07) is 9.08. The Morgan fingerprint density at radius 3 is 2.23 bits per heavy atom. The lowest BCUT2D eigenvalue weighted by Crippen LogP contribution is -2.50. The molecule has 416 valence electrons. The lowest BCUT2D eigenvalue weighted by molar-refractivity contribution is -0.116. The fourth-order valence-corrected chi connectivity index (χ4v) is 15.6. The third-order valence-corrected chi connectivity index (χ3v) is 28.3. The Morgan fingerprint density at radius 1 is 0.883 bits per heavy atom. The highest BCUT2D eigenvalue weighted by Crippen LogP contribution is 2.58. The lowest BCUT2D eigenvalue weighted by atomic mass is 10.1. The van der Waals surface area contributed by atoms with E-state index >= 15 is 0 Å². The van der Waals surface area contributed by atoms with Gasteiger partial charge in [0.1, 0.15) is 72.3 Å². The number of fused-ring (bicyclic) bond motifs is 4. The number of nitrogens with zero attached hydrogens (tertiary/aromatic N) is 9. The van der Waals surface area contributed by atoms with E-state index in [9.17, 15) is 14.5 Å². The Balaban J connectivity index is 1.16. The first kappa shape index (κ1) is 58.3. The molecule has 28 heteroatoms. The number of aryl methyl sites for hydroxylation is 1. The number of rotatable bonds is 12. The van der Waals surface area contributed by atoms with Gasteiger partial charge in [0.05, 0.1) is 37.0 Å². The molecule has 4 aliphatic heterocycles. The number of Topliss-reactive ketones (excluding diaryl/α,β-unsaturated/α-hetero) is 1. The maximum Gasteiger partial charge on any atom is 0.328 e. The Bertz CT molecular complexity index is 3190. The number of benzene rings is 1. The zero-order chi connectivity index (χ0) is 55.6. The number of imidazole rings is 1. The minimum Gasteiger partial charge on any atom is -0.408 e. The van der Waals surface area contributed by atoms with Crippen LogP contribution in [0.4, 0.5) is 5.82 Å². The number of carbonyl (C=O) groups is 2. The molecule has 3 saturated heterocycles. The smallest absolute Gasteiger partial charge is 0.328 e. The topological polar surface area (TPSA) is 219 Å². The number of halogens is 1. The third kappa shape index (κ3) is 12.0. The van der Waals surface area contributed by atoms with Crippen LogP contribution in [0.2, 0.25) is 41.5 Å². The molecular formula is C49H66ClN9O12P2S2Si2. The fraction of sp³-hybridized carbons (Fsp3) is 0.592. The normalized spacial score (nSPS) is 28.6. The molecule has 1 aromatic carbocycles. The van der Waals surface area contributed by atoms with Gasteiger partial charge >= 0.3 is 13.4 Å². The minimum atomic E-state index is -4.31. The van der Waals surface area contributed by atoms with Gasteiger partial charge in [-0.3, -0.25) is 28.1 Å². The van der Waals surface area contributed by atoms with Crippen LogP contribution in [0, 0.1) is 6.57 Å². The van der Waals surface area contributed by atoms with Crippen LogP contribution in [-0.2, 0) is 82.2 Å². The molecule has 1 N–H and O–H groups in total. The number of amides is 1. The maximum atomic E-state index is 14.1. The Labute approximate surface area is 465 Å². The van der Waals surface area contributed by atoms with E-state index < -0.39 is 79.2 Å². The molecular weight excluding hydrogens is 1120 g/mol. The summed E-state index contributed by atoms with van der Waals surface area (Å²) in [5, 5.41) is -0.0953. The van der Waals surface area contributed by atoms with Crippen LogP contribution < -0.4 is 4.90 Å². The fourth-order valence-electron chi connectivity index (χ4n) is 9.33. The number of aromatic nitrogens is 7. The molecule has 3 fully saturated rings. The number of ketones is 1. The molecule has 8 heterocycles. The molecule has 21 nitrogen and oxygen atoms in total. The standard InChI is InChI=1S/C49H66ClN9O12P2S2Si2/c1-29(60)23-32-36-43(56-47(50)55-32)59(28-54-36)45-39-38(70-76(9,10)48(2,3)4)34(67-45)25-64-72(62,74)68-37-33(26-65-73(75,69-39)63-22-20-51-8)66-46(40(37)71-77(11,12)49(5,6)7)58-24-31-19-16-21-57(41-35(31)42(58)53-27-52-41)44(61)30-17-14-13-15-18-30/h13-15,17-18,24,27-28,33-34,37-40,45-46H,16,19-23,25-26H2,1-7,9-12H3,(H,62,74)/t33-,34-,37-,38-,39-,40-,45-,46-,72?,73?/m1/s1. The molecule has 10 atom stereocenters. The average Bonchev–Trinajstić information content (AvgIpc) is 4.15. The van der Waals surface area contributed by atoms with E-state index in [4.69, 9.17) is 92.7 Å².